The van der Waals surface area contributed by atoms with E-state index >= 15 is 0 Å². The molecule has 14 heavy (non-hydrogen) atoms. The summed E-state index contributed by atoms with van der Waals surface area (Å²) < 4.78 is 0. The van der Waals surface area contributed by atoms with Crippen molar-refractivity contribution in [3.63, 3.8) is 0 Å². The molecule has 0 aliphatic heterocycles. The second-order valence-electron chi connectivity index (χ2n) is 3.06. The minimum atomic E-state index is -0.391. The van der Waals surface area contributed by atoms with Crippen LogP contribution in [0.5, 0.6) is 0 Å². The van der Waals surface area contributed by atoms with Gasteiger partial charge in [-0.15, -0.1) is 0 Å². The Kier molecular flexibility index (Phi) is 3.85. The monoisotopic (exact) mass is 191 g/mol. The number of hydrogen-bond donors (Lipinski definition) is 0. The van der Waals surface area contributed by atoms with Gasteiger partial charge in [0.25, 0.3) is 0 Å². The van der Waals surface area contributed by atoms with Crippen molar-refractivity contribution >= 4 is 5.57 Å². The van der Waals surface area contributed by atoms with E-state index in [2.05, 4.69) is 0 Å². The highest BCUT2D eigenvalue weighted by Crippen LogP contribution is 2.19. The number of nitro groups is 1. The van der Waals surface area contributed by atoms with Crippen molar-refractivity contribution < 1.29 is 4.92 Å². The summed E-state index contributed by atoms with van der Waals surface area (Å²) in [5.74, 6) is 0. The first kappa shape index (κ1) is 10.4. The predicted octanol–water partition coefficient (Wildman–Crippen LogP) is 3.10. The lowest BCUT2D eigenvalue weighted by atomic mass is 10.0. The molecule has 1 rings (SSSR count). The number of benzene rings is 1. The first-order valence-electron chi connectivity index (χ1n) is 4.63. The van der Waals surface area contributed by atoms with Crippen LogP contribution in [0.15, 0.2) is 36.5 Å². The van der Waals surface area contributed by atoms with Crippen LogP contribution >= 0.6 is 0 Å². The van der Waals surface area contributed by atoms with Crippen molar-refractivity contribution in [2.75, 3.05) is 0 Å². The molecular weight excluding hydrogens is 178 g/mol. The lowest BCUT2D eigenvalue weighted by Crippen LogP contribution is -1.90. The van der Waals surface area contributed by atoms with Crippen molar-refractivity contribution in [1.29, 1.82) is 0 Å². The Morgan fingerprint density at radius 2 is 2.07 bits per heavy atom. The first-order valence-corrected chi connectivity index (χ1v) is 4.63. The molecule has 0 spiro atoms. The molecule has 3 nitrogen and oxygen atoms in total. The Morgan fingerprint density at radius 3 is 2.57 bits per heavy atom. The number of rotatable bonds is 4. The van der Waals surface area contributed by atoms with Gasteiger partial charge in [-0.3, -0.25) is 10.1 Å². The minimum Gasteiger partial charge on any atom is -0.259 e. The van der Waals surface area contributed by atoms with Gasteiger partial charge in [-0.05, 0) is 12.0 Å². The number of allylic oxidation sites excluding steroid dienone is 1. The predicted molar refractivity (Wildman–Crippen MR) is 56.3 cm³/mol. The summed E-state index contributed by atoms with van der Waals surface area (Å²) in [6.45, 7) is 2.01. The van der Waals surface area contributed by atoms with Gasteiger partial charge in [-0.2, -0.15) is 0 Å². The summed E-state index contributed by atoms with van der Waals surface area (Å²) >= 11 is 0. The normalized spacial score (nSPS) is 11.4. The quantitative estimate of drug-likeness (QED) is 0.542. The molecule has 74 valence electrons. The molecule has 1 aromatic carbocycles. The van der Waals surface area contributed by atoms with E-state index in [4.69, 9.17) is 0 Å². The second kappa shape index (κ2) is 5.17. The Hall–Kier alpha value is -1.64. The maximum Gasteiger partial charge on any atom is 0.238 e. The smallest absolute Gasteiger partial charge is 0.238 e. The van der Waals surface area contributed by atoms with E-state index in [-0.39, 0.29) is 0 Å². The first-order chi connectivity index (χ1) is 6.74. The molecule has 0 atom stereocenters. The Morgan fingerprint density at radius 1 is 1.43 bits per heavy atom. The number of nitrogens with zero attached hydrogens (tertiary/aromatic N) is 1. The summed E-state index contributed by atoms with van der Waals surface area (Å²) in [7, 11) is 0. The summed E-state index contributed by atoms with van der Waals surface area (Å²) in [5.41, 5.74) is 1.73. The highest BCUT2D eigenvalue weighted by Gasteiger charge is 2.04. The molecule has 0 aromatic heterocycles. The third-order valence-electron chi connectivity index (χ3n) is 1.93. The molecule has 0 bridgehead atoms. The van der Waals surface area contributed by atoms with Crippen LogP contribution in [0.25, 0.3) is 5.57 Å². The van der Waals surface area contributed by atoms with Crippen LogP contribution in [0.1, 0.15) is 25.3 Å². The molecule has 0 fully saturated rings. The summed E-state index contributed by atoms with van der Waals surface area (Å²) in [6, 6.07) is 9.47. The van der Waals surface area contributed by atoms with Gasteiger partial charge in [0, 0.05) is 5.57 Å². The average Bonchev–Trinajstić information content (AvgIpc) is 2.18. The molecule has 0 aliphatic rings. The summed E-state index contributed by atoms with van der Waals surface area (Å²) in [6.07, 6.45) is 2.75. The molecule has 0 saturated heterocycles. The molecule has 0 saturated carbocycles. The van der Waals surface area contributed by atoms with E-state index in [1.54, 1.807) is 0 Å². The Balaban J connectivity index is 2.94. The molecule has 0 heterocycles. The van der Waals surface area contributed by atoms with Gasteiger partial charge < -0.3 is 0 Å². The lowest BCUT2D eigenvalue weighted by Gasteiger charge is -2.02. The van der Waals surface area contributed by atoms with E-state index in [9.17, 15) is 10.1 Å². The van der Waals surface area contributed by atoms with Gasteiger partial charge in [0.05, 0.1) is 4.92 Å². The Labute approximate surface area is 83.2 Å². The fourth-order valence-electron chi connectivity index (χ4n) is 1.33. The largest absolute Gasteiger partial charge is 0.259 e. The SMILES string of the molecule is CCCC(=C[N+](=O)[O-])c1ccccc1. The highest BCUT2D eigenvalue weighted by atomic mass is 16.6. The molecule has 0 aliphatic carbocycles. The average molecular weight is 191 g/mol. The van der Waals surface area contributed by atoms with Crippen LogP contribution in [-0.2, 0) is 0 Å². The van der Waals surface area contributed by atoms with Crippen LogP contribution < -0.4 is 0 Å². The maximum atomic E-state index is 10.4. The standard InChI is InChI=1S/C11H13NO2/c1-2-6-11(9-12(13)14)10-7-4-3-5-8-10/h3-5,7-9H,2,6H2,1H3. The summed E-state index contributed by atoms with van der Waals surface area (Å²) in [5, 5.41) is 10.4. The highest BCUT2D eigenvalue weighted by molar-refractivity contribution is 5.64. The number of hydrogen-bond acceptors (Lipinski definition) is 2. The van der Waals surface area contributed by atoms with Crippen LogP contribution in [0.2, 0.25) is 0 Å². The Bertz CT molecular complexity index is 330. The van der Waals surface area contributed by atoms with Gasteiger partial charge >= 0.3 is 0 Å². The molecule has 0 radical (unpaired) electrons. The van der Waals surface area contributed by atoms with Gasteiger partial charge in [0.15, 0.2) is 0 Å². The molecule has 0 unspecified atom stereocenters. The zero-order valence-electron chi connectivity index (χ0n) is 8.14. The topological polar surface area (TPSA) is 43.1 Å². The molecule has 0 amide bonds. The fourth-order valence-corrected chi connectivity index (χ4v) is 1.33. The minimum absolute atomic E-state index is 0.391. The van der Waals surface area contributed by atoms with Crippen molar-refractivity contribution in [3.8, 4) is 0 Å². The molecular formula is C11H13NO2. The van der Waals surface area contributed by atoms with Gasteiger partial charge in [-0.1, -0.05) is 43.7 Å². The third-order valence-corrected chi connectivity index (χ3v) is 1.93. The second-order valence-corrected chi connectivity index (χ2v) is 3.06. The van der Waals surface area contributed by atoms with E-state index in [1.807, 2.05) is 37.3 Å². The fraction of sp³-hybridized carbons (Fsp3) is 0.273. The van der Waals surface area contributed by atoms with Crippen molar-refractivity contribution in [2.45, 2.75) is 19.8 Å². The zero-order valence-corrected chi connectivity index (χ0v) is 8.14. The van der Waals surface area contributed by atoms with Crippen LogP contribution in [0.3, 0.4) is 0 Å². The summed E-state index contributed by atoms with van der Waals surface area (Å²) in [4.78, 5) is 10.00. The van der Waals surface area contributed by atoms with Crippen LogP contribution in [-0.4, -0.2) is 4.92 Å². The van der Waals surface area contributed by atoms with E-state index in [1.165, 1.54) is 0 Å². The molecule has 1 aromatic rings. The lowest BCUT2D eigenvalue weighted by molar-refractivity contribution is -0.401. The van der Waals surface area contributed by atoms with E-state index in [0.29, 0.717) is 0 Å². The van der Waals surface area contributed by atoms with Crippen molar-refractivity contribution in [1.82, 2.24) is 0 Å². The third kappa shape index (κ3) is 3.01. The van der Waals surface area contributed by atoms with E-state index in [0.717, 1.165) is 30.2 Å². The molecule has 0 N–H and O–H groups in total. The van der Waals surface area contributed by atoms with Crippen molar-refractivity contribution in [2.24, 2.45) is 0 Å². The molecule has 3 heteroatoms. The van der Waals surface area contributed by atoms with Crippen molar-refractivity contribution in [3.05, 3.63) is 52.2 Å². The van der Waals surface area contributed by atoms with Gasteiger partial charge in [0.2, 0.25) is 6.20 Å². The van der Waals surface area contributed by atoms with Crippen LogP contribution in [0, 0.1) is 10.1 Å². The van der Waals surface area contributed by atoms with Gasteiger partial charge in [-0.25, -0.2) is 0 Å². The van der Waals surface area contributed by atoms with E-state index < -0.39 is 4.92 Å². The van der Waals surface area contributed by atoms with Gasteiger partial charge in [0.1, 0.15) is 0 Å². The zero-order chi connectivity index (χ0) is 10.4. The maximum absolute atomic E-state index is 10.4. The van der Waals surface area contributed by atoms with Crippen LogP contribution in [0.4, 0.5) is 0 Å².